The molecule has 0 atom stereocenters. The predicted octanol–water partition coefficient (Wildman–Crippen LogP) is 0.754. The number of anilines is 1. The van der Waals surface area contributed by atoms with Gasteiger partial charge in [-0.1, -0.05) is 12.1 Å². The third-order valence-electron chi connectivity index (χ3n) is 3.30. The number of nitrogens with two attached hydrogens (primary N) is 1. The molecule has 0 saturated carbocycles. The molecule has 0 saturated heterocycles. The topological polar surface area (TPSA) is 141 Å². The van der Waals surface area contributed by atoms with E-state index in [9.17, 15) is 4.79 Å². The van der Waals surface area contributed by atoms with Gasteiger partial charge in [-0.25, -0.2) is 14.6 Å². The van der Waals surface area contributed by atoms with Crippen molar-refractivity contribution in [3.63, 3.8) is 0 Å². The Kier molecular flexibility index (Phi) is 5.68. The molecule has 10 heteroatoms. The molecule has 10 nitrogen and oxygen atoms in total. The summed E-state index contributed by atoms with van der Waals surface area (Å²) in [5.74, 6) is 0.191. The molecule has 1 aromatic carbocycles. The minimum absolute atomic E-state index is 0.0158. The molecule has 1 amide bonds. The van der Waals surface area contributed by atoms with Gasteiger partial charge < -0.3 is 21.1 Å². The number of nitrogens with zero attached hydrogens (tertiary/aromatic N) is 4. The van der Waals surface area contributed by atoms with Crippen LogP contribution in [0, 0.1) is 0 Å². The third kappa shape index (κ3) is 4.74. The van der Waals surface area contributed by atoms with Crippen LogP contribution in [0.4, 0.5) is 5.82 Å². The second-order valence-electron chi connectivity index (χ2n) is 5.21. The highest BCUT2D eigenvalue weighted by molar-refractivity contribution is 5.95. The van der Waals surface area contributed by atoms with Crippen LogP contribution in [-0.4, -0.2) is 39.3 Å². The van der Waals surface area contributed by atoms with Crippen molar-refractivity contribution in [2.24, 2.45) is 0 Å². The molecule has 3 aromatic rings. The van der Waals surface area contributed by atoms with Crippen molar-refractivity contribution in [3.8, 4) is 11.8 Å². The minimum atomic E-state index is -0.427. The van der Waals surface area contributed by atoms with Crippen molar-refractivity contribution in [3.05, 3.63) is 54.0 Å². The highest BCUT2D eigenvalue weighted by atomic mass is 16.6. The molecule has 3 rings (SSSR count). The van der Waals surface area contributed by atoms with Gasteiger partial charge in [0.2, 0.25) is 11.5 Å². The van der Waals surface area contributed by atoms with Crippen LogP contribution in [0.15, 0.2) is 47.4 Å². The Balaban J connectivity index is 1.42. The molecule has 0 aliphatic carbocycles. The predicted molar refractivity (Wildman–Crippen MR) is 91.3 cm³/mol. The quantitative estimate of drug-likeness (QED) is 0.499. The van der Waals surface area contributed by atoms with Crippen LogP contribution in [0.2, 0.25) is 0 Å². The fourth-order valence-electron chi connectivity index (χ4n) is 2.10. The van der Waals surface area contributed by atoms with Gasteiger partial charge in [0.1, 0.15) is 5.75 Å². The zero-order chi connectivity index (χ0) is 18.2. The number of nitrogen functional groups attached to an aromatic ring is 1. The molecule has 4 N–H and O–H groups in total. The van der Waals surface area contributed by atoms with E-state index in [0.717, 1.165) is 5.56 Å². The van der Waals surface area contributed by atoms with E-state index < -0.39 is 5.91 Å². The summed E-state index contributed by atoms with van der Waals surface area (Å²) in [6.45, 7) is 1.57. The van der Waals surface area contributed by atoms with E-state index in [1.807, 2.05) is 24.3 Å². The van der Waals surface area contributed by atoms with Crippen molar-refractivity contribution >= 4 is 11.7 Å². The van der Waals surface area contributed by atoms with Crippen LogP contribution >= 0.6 is 0 Å². The van der Waals surface area contributed by atoms with E-state index in [4.69, 9.17) is 10.5 Å². The standard InChI is InChI=1S/C16H17N7O3/c17-14-13(22-26-23-14)15(24)19-8-7-18-10-11-3-1-4-12(9-11)25-16-20-5-2-6-21-16/h1-6,9,18H,7-8,10H2,(H2,17,23)(H,19,24). The molecular weight excluding hydrogens is 338 g/mol. The molecule has 2 heterocycles. The maximum absolute atomic E-state index is 11.8. The lowest BCUT2D eigenvalue weighted by atomic mass is 10.2. The summed E-state index contributed by atoms with van der Waals surface area (Å²) >= 11 is 0. The number of benzene rings is 1. The van der Waals surface area contributed by atoms with Gasteiger partial charge in [0, 0.05) is 32.0 Å². The summed E-state index contributed by atoms with van der Waals surface area (Å²) in [5.41, 5.74) is 6.46. The molecule has 0 radical (unpaired) electrons. The fraction of sp³-hybridized carbons (Fsp3) is 0.188. The first-order valence-electron chi connectivity index (χ1n) is 7.83. The highest BCUT2D eigenvalue weighted by Crippen LogP contribution is 2.18. The molecule has 0 aliphatic heterocycles. The Morgan fingerprint density at radius 3 is 2.77 bits per heavy atom. The number of ether oxygens (including phenoxy) is 1. The Bertz CT molecular complexity index is 854. The van der Waals surface area contributed by atoms with Gasteiger partial charge in [-0.05, 0) is 34.1 Å². The maximum Gasteiger partial charge on any atom is 0.321 e. The zero-order valence-electron chi connectivity index (χ0n) is 13.8. The van der Waals surface area contributed by atoms with Gasteiger partial charge in [-0.3, -0.25) is 4.79 Å². The first kappa shape index (κ1) is 17.3. The molecule has 0 unspecified atom stereocenters. The Morgan fingerprint density at radius 1 is 1.15 bits per heavy atom. The van der Waals surface area contributed by atoms with Crippen molar-refractivity contribution in [1.82, 2.24) is 30.9 Å². The zero-order valence-corrected chi connectivity index (χ0v) is 13.8. The Labute approximate surface area is 148 Å². The summed E-state index contributed by atoms with van der Waals surface area (Å²) in [7, 11) is 0. The second kappa shape index (κ2) is 8.53. The van der Waals surface area contributed by atoms with Crippen LogP contribution < -0.4 is 21.1 Å². The van der Waals surface area contributed by atoms with Gasteiger partial charge in [0.05, 0.1) is 0 Å². The number of carbonyl (C=O) groups excluding carboxylic acids is 1. The summed E-state index contributed by atoms with van der Waals surface area (Å²) < 4.78 is 9.97. The third-order valence-corrected chi connectivity index (χ3v) is 3.30. The first-order chi connectivity index (χ1) is 12.7. The van der Waals surface area contributed by atoms with Gasteiger partial charge >= 0.3 is 6.01 Å². The van der Waals surface area contributed by atoms with E-state index in [1.165, 1.54) is 0 Å². The Morgan fingerprint density at radius 2 is 2.00 bits per heavy atom. The van der Waals surface area contributed by atoms with Crippen LogP contribution in [0.1, 0.15) is 16.1 Å². The van der Waals surface area contributed by atoms with Crippen LogP contribution in [0.3, 0.4) is 0 Å². The number of aromatic nitrogens is 4. The number of hydrogen-bond donors (Lipinski definition) is 3. The van der Waals surface area contributed by atoms with Crippen LogP contribution in [0.5, 0.6) is 11.8 Å². The van der Waals surface area contributed by atoms with Crippen LogP contribution in [0.25, 0.3) is 0 Å². The lowest BCUT2D eigenvalue weighted by Gasteiger charge is -2.08. The molecule has 2 aromatic heterocycles. The van der Waals surface area contributed by atoms with Crippen molar-refractivity contribution in [1.29, 1.82) is 0 Å². The second-order valence-corrected chi connectivity index (χ2v) is 5.21. The normalized spacial score (nSPS) is 10.5. The molecular formula is C16H17N7O3. The van der Waals surface area contributed by atoms with Gasteiger partial charge in [0.25, 0.3) is 5.91 Å². The molecule has 0 spiro atoms. The van der Waals surface area contributed by atoms with Crippen molar-refractivity contribution < 1.29 is 14.2 Å². The lowest BCUT2D eigenvalue weighted by Crippen LogP contribution is -2.32. The molecule has 0 bridgehead atoms. The van der Waals surface area contributed by atoms with E-state index in [1.54, 1.807) is 18.5 Å². The van der Waals surface area contributed by atoms with E-state index in [-0.39, 0.29) is 11.5 Å². The van der Waals surface area contributed by atoms with E-state index in [2.05, 4.69) is 35.5 Å². The summed E-state index contributed by atoms with van der Waals surface area (Å²) in [6, 6.07) is 9.59. The monoisotopic (exact) mass is 355 g/mol. The first-order valence-corrected chi connectivity index (χ1v) is 7.83. The van der Waals surface area contributed by atoms with Gasteiger partial charge in [-0.15, -0.1) is 0 Å². The number of nitrogens with one attached hydrogen (secondary N) is 2. The number of carbonyl (C=O) groups is 1. The average Bonchev–Trinajstić information content (AvgIpc) is 3.08. The van der Waals surface area contributed by atoms with E-state index >= 15 is 0 Å². The smallest absolute Gasteiger partial charge is 0.321 e. The Hall–Kier alpha value is -3.53. The maximum atomic E-state index is 11.8. The molecule has 26 heavy (non-hydrogen) atoms. The molecule has 134 valence electrons. The molecule has 0 fully saturated rings. The molecule has 0 aliphatic rings. The summed E-state index contributed by atoms with van der Waals surface area (Å²) in [4.78, 5) is 19.8. The largest absolute Gasteiger partial charge is 0.424 e. The van der Waals surface area contributed by atoms with E-state index in [0.29, 0.717) is 31.4 Å². The summed E-state index contributed by atoms with van der Waals surface area (Å²) in [5, 5.41) is 12.7. The van der Waals surface area contributed by atoms with Crippen molar-refractivity contribution in [2.45, 2.75) is 6.54 Å². The van der Waals surface area contributed by atoms with Crippen molar-refractivity contribution in [2.75, 3.05) is 18.8 Å². The van der Waals surface area contributed by atoms with Gasteiger partial charge in [-0.2, -0.15) is 0 Å². The van der Waals surface area contributed by atoms with Gasteiger partial charge in [0.15, 0.2) is 0 Å². The van der Waals surface area contributed by atoms with Crippen LogP contribution in [-0.2, 0) is 6.54 Å². The lowest BCUT2D eigenvalue weighted by molar-refractivity contribution is 0.0944. The summed E-state index contributed by atoms with van der Waals surface area (Å²) in [6.07, 6.45) is 3.23. The number of amides is 1. The number of rotatable bonds is 8. The minimum Gasteiger partial charge on any atom is -0.424 e. The fourth-order valence-corrected chi connectivity index (χ4v) is 2.10. The highest BCUT2D eigenvalue weighted by Gasteiger charge is 2.14. The number of hydrogen-bond acceptors (Lipinski definition) is 9. The SMILES string of the molecule is Nc1nonc1C(=O)NCCNCc1cccc(Oc2ncccn2)c1. The average molecular weight is 355 g/mol.